The van der Waals surface area contributed by atoms with Crippen LogP contribution >= 0.6 is 0 Å². The number of aryl methyl sites for hydroxylation is 2. The molecule has 242 valence electrons. The van der Waals surface area contributed by atoms with E-state index in [4.69, 9.17) is 9.47 Å². The van der Waals surface area contributed by atoms with Crippen LogP contribution < -0.4 is 10.1 Å². The first-order valence-electron chi connectivity index (χ1n) is 16.5. The lowest BCUT2D eigenvalue weighted by Gasteiger charge is -2.37. The Morgan fingerprint density at radius 2 is 1.98 bits per heavy atom. The summed E-state index contributed by atoms with van der Waals surface area (Å²) in [7, 11) is 1.98. The minimum atomic E-state index is 0.108. The molecule has 0 atom stereocenters. The summed E-state index contributed by atoms with van der Waals surface area (Å²) in [6.45, 7) is 8.27. The van der Waals surface area contributed by atoms with Gasteiger partial charge in [0, 0.05) is 62.7 Å². The van der Waals surface area contributed by atoms with Crippen LogP contribution in [0.1, 0.15) is 36.3 Å². The number of nitrogens with zero attached hydrogens (tertiary/aromatic N) is 7. The second-order valence-electron chi connectivity index (χ2n) is 13.4. The van der Waals surface area contributed by atoms with Gasteiger partial charge in [-0.2, -0.15) is 5.10 Å². The lowest BCUT2D eigenvalue weighted by molar-refractivity contribution is -0.127. The lowest BCUT2D eigenvalue weighted by atomic mass is 9.85. The van der Waals surface area contributed by atoms with E-state index >= 15 is 0 Å². The zero-order valence-corrected chi connectivity index (χ0v) is 26.9. The molecule has 3 aliphatic heterocycles. The van der Waals surface area contributed by atoms with E-state index in [9.17, 15) is 4.79 Å². The van der Waals surface area contributed by atoms with Gasteiger partial charge in [-0.15, -0.1) is 0 Å². The van der Waals surface area contributed by atoms with Crippen molar-refractivity contribution in [1.29, 1.82) is 0 Å². The summed E-state index contributed by atoms with van der Waals surface area (Å²) in [5, 5.41) is 8.01. The van der Waals surface area contributed by atoms with Gasteiger partial charge in [0.2, 0.25) is 5.91 Å². The second-order valence-corrected chi connectivity index (χ2v) is 13.4. The Morgan fingerprint density at radius 3 is 2.77 bits per heavy atom. The summed E-state index contributed by atoms with van der Waals surface area (Å²) in [5.41, 5.74) is 6.43. The molecule has 3 saturated heterocycles. The highest BCUT2D eigenvalue weighted by atomic mass is 16.5. The Balaban J connectivity index is 0.909. The molecule has 0 saturated carbocycles. The van der Waals surface area contributed by atoms with Gasteiger partial charge in [-0.25, -0.2) is 14.5 Å². The number of piperidine rings is 1. The van der Waals surface area contributed by atoms with Gasteiger partial charge in [0.05, 0.1) is 30.6 Å². The Labute approximate surface area is 273 Å². The maximum atomic E-state index is 13.0. The van der Waals surface area contributed by atoms with Crippen molar-refractivity contribution in [3.05, 3.63) is 84.6 Å². The van der Waals surface area contributed by atoms with Gasteiger partial charge < -0.3 is 24.3 Å². The molecular formula is C36H40N8O3. The van der Waals surface area contributed by atoms with E-state index in [-0.39, 0.29) is 5.91 Å². The Hall–Kier alpha value is -4.74. The average Bonchev–Trinajstić information content (AvgIpc) is 3.80. The summed E-state index contributed by atoms with van der Waals surface area (Å²) in [6, 6.07) is 14.1. The molecule has 47 heavy (non-hydrogen) atoms. The van der Waals surface area contributed by atoms with Gasteiger partial charge in [-0.3, -0.25) is 9.69 Å². The number of fused-ring (bicyclic) bond motifs is 2. The number of nitrogens with one attached hydrogen (secondary N) is 1. The number of carbonyl (C=O) groups is 1. The fourth-order valence-electron chi connectivity index (χ4n) is 7.31. The minimum Gasteiger partial charge on any atom is -0.457 e. The third-order valence-electron chi connectivity index (χ3n) is 10.1. The van der Waals surface area contributed by atoms with E-state index in [1.807, 2.05) is 70.6 Å². The summed E-state index contributed by atoms with van der Waals surface area (Å²) in [5.74, 6) is 2.72. The number of anilines is 2. The van der Waals surface area contributed by atoms with E-state index in [1.165, 1.54) is 12.0 Å². The molecule has 3 aromatic heterocycles. The van der Waals surface area contributed by atoms with Gasteiger partial charge in [0.1, 0.15) is 23.3 Å². The largest absolute Gasteiger partial charge is 0.457 e. The van der Waals surface area contributed by atoms with Crippen LogP contribution in [0.25, 0.3) is 16.6 Å². The Morgan fingerprint density at radius 1 is 1.11 bits per heavy atom. The van der Waals surface area contributed by atoms with Crippen LogP contribution in [0.2, 0.25) is 0 Å². The first kappa shape index (κ1) is 29.6. The fraction of sp³-hybridized carbons (Fsp3) is 0.389. The van der Waals surface area contributed by atoms with Gasteiger partial charge >= 0.3 is 0 Å². The normalized spacial score (nSPS) is 18.5. The van der Waals surface area contributed by atoms with Crippen LogP contribution in [-0.2, 0) is 16.6 Å². The molecule has 2 aromatic carbocycles. The standard InChI is InChI=1S/C36H40N8O3/c1-25-18-27(5-8-32(25)47-28-6-7-31-30(19-28)38-24-41(31)2)40-35-34-29(11-16-44(34)39-23-37-35)26-9-14-43(15-10-26)33(45)4-3-13-42-17-12-36(20-42)21-46-22-36/h3-8,11,16,18-19,23-24,26H,9-10,12-15,17,20-22H2,1-2H3,(H,37,39,40)/b4-3+. The van der Waals surface area contributed by atoms with Crippen molar-refractivity contribution in [2.45, 2.75) is 32.1 Å². The number of imidazole rings is 1. The van der Waals surface area contributed by atoms with Gasteiger partial charge in [-0.1, -0.05) is 6.08 Å². The van der Waals surface area contributed by atoms with Crippen LogP contribution in [-0.4, -0.2) is 85.8 Å². The third kappa shape index (κ3) is 5.85. The monoisotopic (exact) mass is 632 g/mol. The summed E-state index contributed by atoms with van der Waals surface area (Å²) < 4.78 is 15.5. The number of amides is 1. The Kier molecular flexibility index (Phi) is 7.65. The summed E-state index contributed by atoms with van der Waals surface area (Å²) >= 11 is 0. The number of hydrogen-bond acceptors (Lipinski definition) is 8. The molecule has 3 fully saturated rings. The smallest absolute Gasteiger partial charge is 0.246 e. The summed E-state index contributed by atoms with van der Waals surface area (Å²) in [4.78, 5) is 26.5. The topological polar surface area (TPSA) is 102 Å². The summed E-state index contributed by atoms with van der Waals surface area (Å²) in [6.07, 6.45) is 12.2. The first-order valence-corrected chi connectivity index (χ1v) is 16.5. The number of likely N-dealkylation sites (tertiary alicyclic amines) is 2. The van der Waals surface area contributed by atoms with Crippen LogP contribution in [0, 0.1) is 12.3 Å². The molecule has 11 nitrogen and oxygen atoms in total. The molecule has 0 bridgehead atoms. The number of carbonyl (C=O) groups excluding carboxylic acids is 1. The van der Waals surface area contributed by atoms with Gasteiger partial charge in [0.15, 0.2) is 5.82 Å². The van der Waals surface area contributed by atoms with Crippen LogP contribution in [0.3, 0.4) is 0 Å². The van der Waals surface area contributed by atoms with Crippen molar-refractivity contribution in [1.82, 2.24) is 33.9 Å². The Bertz CT molecular complexity index is 1970. The molecule has 8 rings (SSSR count). The van der Waals surface area contributed by atoms with Crippen LogP contribution in [0.4, 0.5) is 11.5 Å². The van der Waals surface area contributed by atoms with E-state index < -0.39 is 0 Å². The van der Waals surface area contributed by atoms with E-state index in [2.05, 4.69) is 37.4 Å². The maximum Gasteiger partial charge on any atom is 0.246 e. The average molecular weight is 633 g/mol. The first-order chi connectivity index (χ1) is 22.9. The molecular weight excluding hydrogens is 592 g/mol. The van der Waals surface area contributed by atoms with Gasteiger partial charge in [0.25, 0.3) is 0 Å². The molecule has 0 aliphatic carbocycles. The number of hydrogen-bond donors (Lipinski definition) is 1. The van der Waals surface area contributed by atoms with Crippen LogP contribution in [0.5, 0.6) is 11.5 Å². The van der Waals surface area contributed by atoms with Crippen molar-refractivity contribution in [3.8, 4) is 11.5 Å². The third-order valence-corrected chi connectivity index (χ3v) is 10.1. The molecule has 1 spiro atoms. The zero-order valence-electron chi connectivity index (χ0n) is 26.9. The predicted octanol–water partition coefficient (Wildman–Crippen LogP) is 5.44. The highest BCUT2D eigenvalue weighted by Gasteiger charge is 2.43. The zero-order chi connectivity index (χ0) is 32.0. The molecule has 1 amide bonds. The number of rotatable bonds is 8. The molecule has 11 heteroatoms. The van der Waals surface area contributed by atoms with Gasteiger partial charge in [-0.05, 0) is 86.2 Å². The van der Waals surface area contributed by atoms with Crippen molar-refractivity contribution >= 4 is 34.0 Å². The van der Waals surface area contributed by atoms with E-state index in [1.54, 1.807) is 18.7 Å². The SMILES string of the molecule is Cc1cc(Nc2ncnn3ccc(C4CCN(C(=O)/C=C/CN5CCC6(COC6)C5)CC4)c23)ccc1Oc1ccc2c(c1)ncn2C. The second kappa shape index (κ2) is 12.1. The number of ether oxygens (including phenoxy) is 2. The highest BCUT2D eigenvalue weighted by Crippen LogP contribution is 2.38. The number of benzene rings is 2. The van der Waals surface area contributed by atoms with E-state index in [0.29, 0.717) is 11.3 Å². The van der Waals surface area contributed by atoms with Crippen molar-refractivity contribution < 1.29 is 14.3 Å². The molecule has 0 radical (unpaired) electrons. The number of aromatic nitrogens is 5. The van der Waals surface area contributed by atoms with Crippen molar-refractivity contribution in [2.24, 2.45) is 12.5 Å². The molecule has 1 N–H and O–H groups in total. The van der Waals surface area contributed by atoms with Crippen molar-refractivity contribution in [3.63, 3.8) is 0 Å². The minimum absolute atomic E-state index is 0.108. The molecule has 5 aromatic rings. The quantitative estimate of drug-likeness (QED) is 0.226. The predicted molar refractivity (Wildman–Crippen MR) is 180 cm³/mol. The molecule has 6 heterocycles. The highest BCUT2D eigenvalue weighted by molar-refractivity contribution is 5.87. The van der Waals surface area contributed by atoms with Crippen LogP contribution in [0.15, 0.2) is 73.5 Å². The van der Waals surface area contributed by atoms with E-state index in [0.717, 1.165) is 104 Å². The molecule has 0 unspecified atom stereocenters. The fourth-order valence-corrected chi connectivity index (χ4v) is 7.31. The molecule has 3 aliphatic rings. The maximum absolute atomic E-state index is 13.0. The van der Waals surface area contributed by atoms with Crippen molar-refractivity contribution in [2.75, 3.05) is 51.3 Å². The lowest BCUT2D eigenvalue weighted by Crippen LogP contribution is -2.44.